The van der Waals surface area contributed by atoms with Crippen LogP contribution in [0.5, 0.6) is 0 Å². The molecule has 3 heterocycles. The van der Waals surface area contributed by atoms with Crippen LogP contribution in [-0.4, -0.2) is 67.6 Å². The number of hydrogen-bond acceptors (Lipinski definition) is 6. The maximum Gasteiger partial charge on any atom is 0.256 e. The van der Waals surface area contributed by atoms with Crippen LogP contribution in [0.4, 0.5) is 0 Å². The van der Waals surface area contributed by atoms with Gasteiger partial charge in [-0.05, 0) is 37.1 Å². The summed E-state index contributed by atoms with van der Waals surface area (Å²) in [4.78, 5) is 16.8. The number of ether oxygens (including phenoxy) is 1. The summed E-state index contributed by atoms with van der Waals surface area (Å²) < 4.78 is 33.3. The normalized spacial score (nSPS) is 25.4. The molecule has 1 aromatic rings. The Hall–Kier alpha value is -2.49. The van der Waals surface area contributed by atoms with Crippen molar-refractivity contribution in [2.45, 2.75) is 39.1 Å². The van der Waals surface area contributed by atoms with E-state index < -0.39 is 10.0 Å². The molecule has 31 heavy (non-hydrogen) atoms. The lowest BCUT2D eigenvalue weighted by Gasteiger charge is -2.35. The van der Waals surface area contributed by atoms with Gasteiger partial charge in [0.15, 0.2) is 5.84 Å². The third kappa shape index (κ3) is 5.41. The molecule has 0 saturated carbocycles. The Kier molecular flexibility index (Phi) is 6.27. The molecule has 0 spiro atoms. The summed E-state index contributed by atoms with van der Waals surface area (Å²) in [6, 6.07) is 8.17. The summed E-state index contributed by atoms with van der Waals surface area (Å²) >= 11 is 0. The summed E-state index contributed by atoms with van der Waals surface area (Å²) in [5, 5.41) is 2.87. The number of allylic oxidation sites excluding steroid dienone is 2. The van der Waals surface area contributed by atoms with Gasteiger partial charge in [-0.3, -0.25) is 9.69 Å². The molecule has 166 valence electrons. The van der Waals surface area contributed by atoms with Crippen LogP contribution in [0, 0.1) is 0 Å². The van der Waals surface area contributed by atoms with Crippen molar-refractivity contribution in [3.63, 3.8) is 0 Å². The van der Waals surface area contributed by atoms with Gasteiger partial charge in [-0.15, -0.1) is 4.40 Å². The molecular weight excluding hydrogens is 416 g/mol. The second kappa shape index (κ2) is 8.94. The topological polar surface area (TPSA) is 91.3 Å². The first-order valence-corrected chi connectivity index (χ1v) is 12.1. The molecule has 1 N–H and O–H groups in total. The van der Waals surface area contributed by atoms with E-state index in [0.29, 0.717) is 13.1 Å². The van der Waals surface area contributed by atoms with Crippen molar-refractivity contribution in [2.75, 3.05) is 25.4 Å². The first-order valence-electron chi connectivity index (χ1n) is 10.5. The van der Waals surface area contributed by atoms with Gasteiger partial charge in [-0.1, -0.05) is 24.3 Å². The van der Waals surface area contributed by atoms with Crippen molar-refractivity contribution in [1.82, 2.24) is 15.1 Å². The van der Waals surface area contributed by atoms with Gasteiger partial charge < -0.3 is 15.0 Å². The largest absolute Gasteiger partial charge is 0.373 e. The maximum atomic E-state index is 12.7. The highest BCUT2D eigenvalue weighted by Crippen LogP contribution is 2.18. The third-order valence-electron chi connectivity index (χ3n) is 5.48. The van der Waals surface area contributed by atoms with Crippen LogP contribution in [-0.2, 0) is 32.6 Å². The minimum absolute atomic E-state index is 0.0512. The standard InChI is InChI=1S/C22H28N4O4S/c1-16-13-25(14-17(2)30-16)15-19-7-5-18(6-8-19)12-23-22(27)20-4-3-9-26-10-11-31(28,29)24-21(20)26/h3-9,16-17H,10-15H2,1-2H3,(H,23,27). The molecule has 8 nitrogen and oxygen atoms in total. The van der Waals surface area contributed by atoms with Crippen LogP contribution in [0.3, 0.4) is 0 Å². The molecule has 2 atom stereocenters. The SMILES string of the molecule is CC1CN(Cc2ccc(CNC(=O)C3=CC=CN4CCS(=O)(=O)N=C34)cc2)CC(C)O1. The first kappa shape index (κ1) is 21.7. The molecule has 4 rings (SSSR count). The van der Waals surface area contributed by atoms with Crippen molar-refractivity contribution in [3.8, 4) is 0 Å². The van der Waals surface area contributed by atoms with E-state index in [1.54, 1.807) is 23.3 Å². The van der Waals surface area contributed by atoms with Gasteiger partial charge >= 0.3 is 0 Å². The number of amidine groups is 1. The van der Waals surface area contributed by atoms with Crippen LogP contribution in [0.25, 0.3) is 0 Å². The summed E-state index contributed by atoms with van der Waals surface area (Å²) in [5.41, 5.74) is 2.45. The zero-order valence-electron chi connectivity index (χ0n) is 17.8. The van der Waals surface area contributed by atoms with Crippen molar-refractivity contribution in [1.29, 1.82) is 0 Å². The van der Waals surface area contributed by atoms with E-state index in [1.165, 1.54) is 5.56 Å². The third-order valence-corrected chi connectivity index (χ3v) is 6.63. The number of nitrogens with one attached hydrogen (secondary N) is 1. The summed E-state index contributed by atoms with van der Waals surface area (Å²) in [5.74, 6) is -0.203. The number of carbonyl (C=O) groups is 1. The van der Waals surface area contributed by atoms with Gasteiger partial charge in [0.1, 0.15) is 0 Å². The number of hydrogen-bond donors (Lipinski definition) is 1. The smallest absolute Gasteiger partial charge is 0.256 e. The lowest BCUT2D eigenvalue weighted by Crippen LogP contribution is -2.44. The van der Waals surface area contributed by atoms with Gasteiger partial charge in [0.2, 0.25) is 0 Å². The Bertz CT molecular complexity index is 1020. The Balaban J connectivity index is 1.35. The molecule has 3 aliphatic rings. The molecule has 1 saturated heterocycles. The first-order chi connectivity index (χ1) is 14.8. The lowest BCUT2D eigenvalue weighted by atomic mass is 10.1. The highest BCUT2D eigenvalue weighted by molar-refractivity contribution is 7.90. The molecule has 9 heteroatoms. The molecule has 1 amide bonds. The number of fused-ring (bicyclic) bond motifs is 1. The average Bonchev–Trinajstić information content (AvgIpc) is 2.71. The molecular formula is C22H28N4O4S. The fourth-order valence-electron chi connectivity index (χ4n) is 4.11. The average molecular weight is 445 g/mol. The number of morpholine rings is 1. The number of rotatable bonds is 5. The monoisotopic (exact) mass is 444 g/mol. The van der Waals surface area contributed by atoms with Crippen LogP contribution in [0.2, 0.25) is 0 Å². The van der Waals surface area contributed by atoms with E-state index in [-0.39, 0.29) is 35.3 Å². The maximum absolute atomic E-state index is 12.7. The van der Waals surface area contributed by atoms with E-state index in [9.17, 15) is 13.2 Å². The second-order valence-corrected chi connectivity index (χ2v) is 10.0. The molecule has 1 aromatic carbocycles. The molecule has 2 unspecified atom stereocenters. The van der Waals surface area contributed by atoms with Crippen LogP contribution in [0.15, 0.2) is 52.6 Å². The highest BCUT2D eigenvalue weighted by Gasteiger charge is 2.29. The van der Waals surface area contributed by atoms with Gasteiger partial charge in [0.05, 0.1) is 23.5 Å². The number of nitrogens with zero attached hydrogens (tertiary/aromatic N) is 3. The Labute approximate surface area is 183 Å². The predicted molar refractivity (Wildman–Crippen MR) is 119 cm³/mol. The second-order valence-electron chi connectivity index (χ2n) is 8.27. The Morgan fingerprint density at radius 3 is 2.55 bits per heavy atom. The van der Waals surface area contributed by atoms with E-state index >= 15 is 0 Å². The van der Waals surface area contributed by atoms with E-state index in [2.05, 4.69) is 40.6 Å². The van der Waals surface area contributed by atoms with Gasteiger partial charge in [0, 0.05) is 38.9 Å². The van der Waals surface area contributed by atoms with Crippen LogP contribution >= 0.6 is 0 Å². The number of sulfonamides is 1. The quantitative estimate of drug-likeness (QED) is 0.739. The van der Waals surface area contributed by atoms with E-state index in [1.807, 2.05) is 12.1 Å². The minimum Gasteiger partial charge on any atom is -0.373 e. The van der Waals surface area contributed by atoms with Crippen molar-refractivity contribution in [3.05, 3.63) is 59.3 Å². The molecule has 0 bridgehead atoms. The predicted octanol–water partition coefficient (Wildman–Crippen LogP) is 1.41. The lowest BCUT2D eigenvalue weighted by molar-refractivity contribution is -0.117. The van der Waals surface area contributed by atoms with E-state index in [0.717, 1.165) is 25.2 Å². The van der Waals surface area contributed by atoms with Crippen molar-refractivity contribution < 1.29 is 17.9 Å². The summed E-state index contributed by atoms with van der Waals surface area (Å²) in [6.45, 7) is 7.55. The Morgan fingerprint density at radius 2 is 1.84 bits per heavy atom. The van der Waals surface area contributed by atoms with Crippen LogP contribution < -0.4 is 5.32 Å². The number of carbonyl (C=O) groups excluding carboxylic acids is 1. The van der Waals surface area contributed by atoms with Crippen molar-refractivity contribution >= 4 is 21.8 Å². The number of amides is 1. The zero-order valence-corrected chi connectivity index (χ0v) is 18.6. The molecule has 3 aliphatic heterocycles. The Morgan fingerprint density at radius 1 is 1.16 bits per heavy atom. The molecule has 0 aromatic heterocycles. The fourth-order valence-corrected chi connectivity index (χ4v) is 5.09. The molecule has 0 aliphatic carbocycles. The van der Waals surface area contributed by atoms with Gasteiger partial charge in [-0.25, -0.2) is 8.42 Å². The fraction of sp³-hybridized carbons (Fsp3) is 0.455. The summed E-state index contributed by atoms with van der Waals surface area (Å²) in [6.07, 6.45) is 5.54. The minimum atomic E-state index is -3.53. The summed E-state index contributed by atoms with van der Waals surface area (Å²) in [7, 11) is -3.53. The highest BCUT2D eigenvalue weighted by atomic mass is 32.2. The molecule has 1 fully saturated rings. The molecule has 0 radical (unpaired) electrons. The zero-order chi connectivity index (χ0) is 22.0. The van der Waals surface area contributed by atoms with Gasteiger partial charge in [0.25, 0.3) is 15.9 Å². The van der Waals surface area contributed by atoms with E-state index in [4.69, 9.17) is 4.74 Å². The number of benzene rings is 1. The van der Waals surface area contributed by atoms with Crippen LogP contribution in [0.1, 0.15) is 25.0 Å². The van der Waals surface area contributed by atoms with Gasteiger partial charge in [-0.2, -0.15) is 0 Å². The van der Waals surface area contributed by atoms with Crippen molar-refractivity contribution in [2.24, 2.45) is 4.40 Å².